The third-order valence-electron chi connectivity index (χ3n) is 1.69. The highest BCUT2D eigenvalue weighted by atomic mass is 31.2. The topological polar surface area (TPSA) is 127 Å². The van der Waals surface area contributed by atoms with Gasteiger partial charge in [0, 0.05) is 6.42 Å². The van der Waals surface area contributed by atoms with Gasteiger partial charge in [0.2, 0.25) is 0 Å². The molecule has 0 fully saturated rings. The van der Waals surface area contributed by atoms with Gasteiger partial charge in [0.25, 0.3) is 0 Å². The van der Waals surface area contributed by atoms with E-state index >= 15 is 0 Å². The number of esters is 1. The van der Waals surface area contributed by atoms with Crippen LogP contribution in [0.15, 0.2) is 0 Å². The lowest BCUT2D eigenvalue weighted by Gasteiger charge is -2.21. The van der Waals surface area contributed by atoms with Crippen LogP contribution < -0.4 is 5.73 Å². The molecule has 0 rings (SSSR count). The monoisotopic (exact) mass is 253 g/mol. The van der Waals surface area contributed by atoms with Crippen LogP contribution in [0.3, 0.4) is 0 Å². The zero-order valence-corrected chi connectivity index (χ0v) is 10.1. The van der Waals surface area contributed by atoms with E-state index in [1.165, 1.54) is 6.92 Å². The van der Waals surface area contributed by atoms with Crippen molar-refractivity contribution in [3.63, 3.8) is 0 Å². The van der Waals surface area contributed by atoms with Crippen LogP contribution in [0, 0.1) is 0 Å². The molecule has 16 heavy (non-hydrogen) atoms. The van der Waals surface area contributed by atoms with Gasteiger partial charge in [0.15, 0.2) is 0 Å². The molecule has 8 heteroatoms. The second-order valence-corrected chi connectivity index (χ2v) is 5.32. The number of carbonyl (C=O) groups excluding carboxylic acids is 2. The van der Waals surface area contributed by atoms with Crippen LogP contribution in [-0.4, -0.2) is 39.8 Å². The molecule has 0 aromatic heterocycles. The molecule has 0 aliphatic rings. The van der Waals surface area contributed by atoms with Crippen LogP contribution in [0.1, 0.15) is 20.3 Å². The SMILES string of the molecule is CCOC(=O)[C@@](C)(N)CC(=O)CP(=O)(O)O. The third kappa shape index (κ3) is 5.97. The highest BCUT2D eigenvalue weighted by molar-refractivity contribution is 7.52. The van der Waals surface area contributed by atoms with Crippen molar-refractivity contribution in [2.75, 3.05) is 12.8 Å². The van der Waals surface area contributed by atoms with Gasteiger partial charge in [-0.25, -0.2) is 0 Å². The molecule has 4 N–H and O–H groups in total. The Hall–Kier alpha value is -0.750. The lowest BCUT2D eigenvalue weighted by atomic mass is 9.97. The Morgan fingerprint density at radius 2 is 1.94 bits per heavy atom. The summed E-state index contributed by atoms with van der Waals surface area (Å²) in [5.41, 5.74) is 3.96. The summed E-state index contributed by atoms with van der Waals surface area (Å²) in [6, 6.07) is 0. The van der Waals surface area contributed by atoms with Crippen molar-refractivity contribution in [3.05, 3.63) is 0 Å². The number of hydrogen-bond acceptors (Lipinski definition) is 5. The number of Topliss-reactive ketones (excluding diaryl/α,β-unsaturated/α-hetero) is 1. The molecule has 0 unspecified atom stereocenters. The van der Waals surface area contributed by atoms with Gasteiger partial charge in [-0.2, -0.15) is 0 Å². The molecule has 0 aliphatic heterocycles. The maximum atomic E-state index is 11.3. The Balaban J connectivity index is 4.42. The number of nitrogens with two attached hydrogens (primary N) is 1. The van der Waals surface area contributed by atoms with Gasteiger partial charge in [0.05, 0.1) is 6.61 Å². The Morgan fingerprint density at radius 3 is 2.31 bits per heavy atom. The summed E-state index contributed by atoms with van der Waals surface area (Å²) >= 11 is 0. The van der Waals surface area contributed by atoms with E-state index in [0.29, 0.717) is 0 Å². The second kappa shape index (κ2) is 5.54. The van der Waals surface area contributed by atoms with Gasteiger partial charge in [-0.15, -0.1) is 0 Å². The smallest absolute Gasteiger partial charge is 0.332 e. The van der Waals surface area contributed by atoms with Crippen LogP contribution in [0.4, 0.5) is 0 Å². The van der Waals surface area contributed by atoms with E-state index in [-0.39, 0.29) is 6.61 Å². The highest BCUT2D eigenvalue weighted by Gasteiger charge is 2.34. The Labute approximate surface area is 93.1 Å². The van der Waals surface area contributed by atoms with Crippen molar-refractivity contribution in [1.82, 2.24) is 0 Å². The molecular formula is C8H16NO6P. The van der Waals surface area contributed by atoms with Crippen LogP contribution >= 0.6 is 7.60 Å². The van der Waals surface area contributed by atoms with E-state index in [2.05, 4.69) is 4.74 Å². The summed E-state index contributed by atoms with van der Waals surface area (Å²) in [6.45, 7) is 2.99. The van der Waals surface area contributed by atoms with Gasteiger partial charge < -0.3 is 20.3 Å². The normalized spacial score (nSPS) is 15.3. The first-order valence-corrected chi connectivity index (χ1v) is 6.40. The minimum atomic E-state index is -4.41. The largest absolute Gasteiger partial charge is 0.465 e. The van der Waals surface area contributed by atoms with Crippen molar-refractivity contribution in [2.45, 2.75) is 25.8 Å². The van der Waals surface area contributed by atoms with Gasteiger partial charge in [-0.05, 0) is 13.8 Å². The molecule has 7 nitrogen and oxygen atoms in total. The molecule has 94 valence electrons. The average molecular weight is 253 g/mol. The third-order valence-corrected chi connectivity index (χ3v) is 2.45. The van der Waals surface area contributed by atoms with Crippen LogP contribution in [0.25, 0.3) is 0 Å². The summed E-state index contributed by atoms with van der Waals surface area (Å²) < 4.78 is 15.2. The Kier molecular flexibility index (Phi) is 5.28. The van der Waals surface area contributed by atoms with E-state index in [0.717, 1.165) is 0 Å². The molecule has 0 aromatic carbocycles. The molecule has 0 saturated heterocycles. The molecule has 0 aliphatic carbocycles. The molecule has 0 spiro atoms. The lowest BCUT2D eigenvalue weighted by molar-refractivity contribution is -0.150. The van der Waals surface area contributed by atoms with Crippen molar-refractivity contribution in [2.24, 2.45) is 5.73 Å². The summed E-state index contributed by atoms with van der Waals surface area (Å²) in [5.74, 6) is -1.54. The van der Waals surface area contributed by atoms with Gasteiger partial charge >= 0.3 is 13.6 Å². The zero-order chi connectivity index (χ0) is 13.0. The molecule has 1 atom stereocenters. The van der Waals surface area contributed by atoms with Crippen molar-refractivity contribution >= 4 is 19.3 Å². The van der Waals surface area contributed by atoms with E-state index < -0.39 is 37.5 Å². The van der Waals surface area contributed by atoms with Crippen LogP contribution in [0.2, 0.25) is 0 Å². The standard InChI is InChI=1S/C8H16NO6P/c1-3-15-7(11)8(2,9)4-6(10)5-16(12,13)14/h3-5,9H2,1-2H3,(H2,12,13,14)/t8-/m0/s1. The second-order valence-electron chi connectivity index (χ2n) is 3.68. The first kappa shape index (κ1) is 15.2. The zero-order valence-electron chi connectivity index (χ0n) is 9.17. The molecular weight excluding hydrogens is 237 g/mol. The maximum Gasteiger partial charge on any atom is 0.332 e. The fraction of sp³-hybridized carbons (Fsp3) is 0.750. The number of hydrogen-bond donors (Lipinski definition) is 3. The van der Waals surface area contributed by atoms with Crippen molar-refractivity contribution in [1.29, 1.82) is 0 Å². The summed E-state index contributed by atoms with van der Waals surface area (Å²) in [5, 5.41) is 0. The highest BCUT2D eigenvalue weighted by Crippen LogP contribution is 2.34. The van der Waals surface area contributed by atoms with E-state index in [1.54, 1.807) is 6.92 Å². The molecule has 0 aromatic rings. The number of rotatable bonds is 6. The van der Waals surface area contributed by atoms with Gasteiger partial charge in [-0.3, -0.25) is 14.2 Å². The molecule has 0 saturated carbocycles. The maximum absolute atomic E-state index is 11.3. The van der Waals surface area contributed by atoms with Gasteiger partial charge in [0.1, 0.15) is 17.5 Å². The first-order chi connectivity index (χ1) is 7.08. The Morgan fingerprint density at radius 1 is 1.44 bits per heavy atom. The van der Waals surface area contributed by atoms with E-state index in [1.807, 2.05) is 0 Å². The number of ether oxygens (including phenoxy) is 1. The molecule has 0 amide bonds. The predicted molar refractivity (Wildman–Crippen MR) is 55.8 cm³/mol. The summed E-state index contributed by atoms with van der Waals surface area (Å²) in [6.07, 6.45) is -1.38. The quantitative estimate of drug-likeness (QED) is 0.426. The molecule has 0 bridgehead atoms. The minimum absolute atomic E-state index is 0.123. The van der Waals surface area contributed by atoms with Crippen molar-refractivity contribution < 1.29 is 28.7 Å². The van der Waals surface area contributed by atoms with Crippen LogP contribution in [-0.2, 0) is 18.9 Å². The van der Waals surface area contributed by atoms with Gasteiger partial charge in [-0.1, -0.05) is 0 Å². The number of carbonyl (C=O) groups is 2. The molecule has 0 radical (unpaired) electrons. The minimum Gasteiger partial charge on any atom is -0.465 e. The average Bonchev–Trinajstić information content (AvgIpc) is 1.99. The van der Waals surface area contributed by atoms with Crippen molar-refractivity contribution in [3.8, 4) is 0 Å². The molecule has 0 heterocycles. The van der Waals surface area contributed by atoms with E-state index in [4.69, 9.17) is 15.5 Å². The van der Waals surface area contributed by atoms with Crippen LogP contribution in [0.5, 0.6) is 0 Å². The summed E-state index contributed by atoms with van der Waals surface area (Å²) in [4.78, 5) is 39.6. The number of ketones is 1. The van der Waals surface area contributed by atoms with E-state index in [9.17, 15) is 14.2 Å². The fourth-order valence-corrected chi connectivity index (χ4v) is 1.63. The lowest BCUT2D eigenvalue weighted by Crippen LogP contribution is -2.48. The first-order valence-electron chi connectivity index (χ1n) is 4.61. The Bertz CT molecular complexity index is 320. The predicted octanol–water partition coefficient (Wildman–Crippen LogP) is -0.596. The fourth-order valence-electron chi connectivity index (χ4n) is 1.06. The summed E-state index contributed by atoms with van der Waals surface area (Å²) in [7, 11) is -4.41.